The van der Waals surface area contributed by atoms with Crippen molar-refractivity contribution in [1.82, 2.24) is 9.97 Å². The lowest BCUT2D eigenvalue weighted by molar-refractivity contribution is 0.374. The number of rotatable bonds is 5. The summed E-state index contributed by atoms with van der Waals surface area (Å²) in [5, 5.41) is 14.1. The number of phenolic OH excluding ortho intramolecular Hbond substituents is 1. The predicted octanol–water partition coefficient (Wildman–Crippen LogP) is 4.13. The number of nitrogens with zero attached hydrogens (tertiary/aromatic N) is 2. The second kappa shape index (κ2) is 6.72. The molecule has 2 N–H and O–H groups in total. The third-order valence-corrected chi connectivity index (χ3v) is 5.08. The van der Waals surface area contributed by atoms with Gasteiger partial charge in [0.15, 0.2) is 11.5 Å². The maximum atomic E-state index is 10.00. The molecule has 0 aliphatic rings. The average molecular weight is 394 g/mol. The predicted molar refractivity (Wildman–Crippen MR) is 96.7 cm³/mol. The van der Waals surface area contributed by atoms with Crippen LogP contribution < -0.4 is 10.1 Å². The molecule has 3 aromatic rings. The number of anilines is 1. The number of aromatic nitrogens is 2. The molecule has 0 aliphatic heterocycles. The molecule has 0 spiro atoms. The number of ether oxygens (including phenoxy) is 1. The molecule has 120 valence electrons. The molecule has 0 unspecified atom stereocenters. The zero-order valence-electron chi connectivity index (χ0n) is 12.8. The molecule has 0 bridgehead atoms. The van der Waals surface area contributed by atoms with Crippen LogP contribution in [0.5, 0.6) is 11.5 Å². The summed E-state index contributed by atoms with van der Waals surface area (Å²) >= 11 is 5.19. The first-order chi connectivity index (χ1) is 11.1. The van der Waals surface area contributed by atoms with Crippen LogP contribution in [-0.4, -0.2) is 28.7 Å². The van der Waals surface area contributed by atoms with E-state index < -0.39 is 0 Å². The largest absolute Gasteiger partial charge is 0.504 e. The third kappa shape index (κ3) is 3.56. The van der Waals surface area contributed by atoms with Gasteiger partial charge < -0.3 is 15.2 Å². The Bertz CT molecular complexity index is 851. The van der Waals surface area contributed by atoms with Crippen LogP contribution in [0.1, 0.15) is 10.7 Å². The van der Waals surface area contributed by atoms with Crippen LogP contribution in [0.25, 0.3) is 10.9 Å². The number of hydrogen-bond acceptors (Lipinski definition) is 6. The van der Waals surface area contributed by atoms with Crippen LogP contribution in [0.4, 0.5) is 5.82 Å². The van der Waals surface area contributed by atoms with Crippen molar-refractivity contribution >= 4 is 44.0 Å². The summed E-state index contributed by atoms with van der Waals surface area (Å²) in [6, 6.07) is 7.52. The van der Waals surface area contributed by atoms with Crippen LogP contribution in [-0.2, 0) is 6.42 Å². The van der Waals surface area contributed by atoms with Crippen molar-refractivity contribution in [2.24, 2.45) is 0 Å². The number of halogens is 1. The second-order valence-corrected chi connectivity index (χ2v) is 7.59. The van der Waals surface area contributed by atoms with E-state index in [0.29, 0.717) is 11.6 Å². The van der Waals surface area contributed by atoms with Gasteiger partial charge in [-0.05, 0) is 47.5 Å². The second-order valence-electron chi connectivity index (χ2n) is 5.04. The Kier molecular flexibility index (Phi) is 4.68. The highest BCUT2D eigenvalue weighted by Gasteiger charge is 2.11. The molecule has 0 fully saturated rings. The minimum absolute atomic E-state index is 0.0812. The van der Waals surface area contributed by atoms with Crippen molar-refractivity contribution in [2.75, 3.05) is 19.0 Å². The fourth-order valence-corrected chi connectivity index (χ4v) is 3.83. The van der Waals surface area contributed by atoms with Crippen LogP contribution in [0, 0.1) is 6.92 Å². The summed E-state index contributed by atoms with van der Waals surface area (Å²) in [5.41, 5.74) is 0.744. The smallest absolute Gasteiger partial charge is 0.162 e. The lowest BCUT2D eigenvalue weighted by Crippen LogP contribution is -2.07. The minimum Gasteiger partial charge on any atom is -0.504 e. The summed E-state index contributed by atoms with van der Waals surface area (Å²) < 4.78 is 6.27. The molecule has 0 saturated heterocycles. The molecule has 0 amide bonds. The van der Waals surface area contributed by atoms with Crippen molar-refractivity contribution in [2.45, 2.75) is 13.3 Å². The van der Waals surface area contributed by atoms with E-state index in [9.17, 15) is 5.11 Å². The summed E-state index contributed by atoms with van der Waals surface area (Å²) in [6.45, 7) is 2.60. The summed E-state index contributed by atoms with van der Waals surface area (Å²) in [6.07, 6.45) is 0.906. The standard InChI is InChI=1S/C16H16BrN3O2S/c1-9-19-12-8-14(22-2)13(21)7-11(12)16(20-9)18-6-5-10-3-4-15(17)23-10/h3-4,7-8,21H,5-6H2,1-2H3,(H,18,19,20). The average Bonchev–Trinajstić information content (AvgIpc) is 2.92. The van der Waals surface area contributed by atoms with Crippen molar-refractivity contribution in [1.29, 1.82) is 0 Å². The summed E-state index contributed by atoms with van der Waals surface area (Å²) in [5.74, 6) is 1.88. The van der Waals surface area contributed by atoms with Gasteiger partial charge in [0, 0.05) is 22.9 Å². The molecular formula is C16H16BrN3O2S. The van der Waals surface area contributed by atoms with Gasteiger partial charge in [-0.25, -0.2) is 9.97 Å². The number of fused-ring (bicyclic) bond motifs is 1. The lowest BCUT2D eigenvalue weighted by Gasteiger charge is -2.11. The molecule has 2 aromatic heterocycles. The van der Waals surface area contributed by atoms with Crippen LogP contribution in [0.3, 0.4) is 0 Å². The van der Waals surface area contributed by atoms with Gasteiger partial charge in [-0.1, -0.05) is 0 Å². The molecule has 0 atom stereocenters. The monoisotopic (exact) mass is 393 g/mol. The van der Waals surface area contributed by atoms with Gasteiger partial charge in [0.2, 0.25) is 0 Å². The number of aryl methyl sites for hydroxylation is 1. The third-order valence-electron chi connectivity index (χ3n) is 3.40. The fraction of sp³-hybridized carbons (Fsp3) is 0.250. The zero-order valence-corrected chi connectivity index (χ0v) is 15.2. The fourth-order valence-electron chi connectivity index (χ4n) is 2.35. The van der Waals surface area contributed by atoms with Gasteiger partial charge in [0.25, 0.3) is 0 Å². The van der Waals surface area contributed by atoms with E-state index in [2.05, 4.69) is 43.3 Å². The number of thiophene rings is 1. The van der Waals surface area contributed by atoms with Gasteiger partial charge >= 0.3 is 0 Å². The molecule has 2 heterocycles. The Balaban J connectivity index is 1.85. The number of hydrogen-bond donors (Lipinski definition) is 2. The van der Waals surface area contributed by atoms with E-state index in [1.807, 2.05) is 6.92 Å². The van der Waals surface area contributed by atoms with Crippen LogP contribution in [0.2, 0.25) is 0 Å². The molecule has 1 aromatic carbocycles. The van der Waals surface area contributed by atoms with Gasteiger partial charge in [0.05, 0.1) is 16.4 Å². The highest BCUT2D eigenvalue weighted by atomic mass is 79.9. The first-order valence-corrected chi connectivity index (χ1v) is 8.71. The Hall–Kier alpha value is -1.86. The SMILES string of the molecule is COc1cc2nc(C)nc(NCCc3ccc(Br)s3)c2cc1O. The number of nitrogens with one attached hydrogen (secondary N) is 1. The normalized spacial score (nSPS) is 10.9. The molecule has 23 heavy (non-hydrogen) atoms. The topological polar surface area (TPSA) is 67.3 Å². The Morgan fingerprint density at radius 1 is 1.30 bits per heavy atom. The van der Waals surface area contributed by atoms with Gasteiger partial charge in [-0.3, -0.25) is 0 Å². The number of benzene rings is 1. The molecule has 5 nitrogen and oxygen atoms in total. The van der Waals surface area contributed by atoms with Gasteiger partial charge in [0.1, 0.15) is 11.6 Å². The quantitative estimate of drug-likeness (QED) is 0.681. The van der Waals surface area contributed by atoms with Crippen molar-refractivity contribution in [3.05, 3.63) is 38.8 Å². The lowest BCUT2D eigenvalue weighted by atomic mass is 10.2. The van der Waals surface area contributed by atoms with Crippen molar-refractivity contribution in [3.8, 4) is 11.5 Å². The van der Waals surface area contributed by atoms with Gasteiger partial charge in [-0.2, -0.15) is 0 Å². The molecular weight excluding hydrogens is 378 g/mol. The number of phenols is 1. The van der Waals surface area contributed by atoms with Crippen LogP contribution in [0.15, 0.2) is 28.1 Å². The van der Waals surface area contributed by atoms with E-state index in [-0.39, 0.29) is 5.75 Å². The minimum atomic E-state index is 0.0812. The Morgan fingerprint density at radius 2 is 2.13 bits per heavy atom. The molecule has 0 saturated carbocycles. The maximum absolute atomic E-state index is 10.00. The first kappa shape index (κ1) is 16.0. The zero-order chi connectivity index (χ0) is 16.4. The molecule has 7 heteroatoms. The highest BCUT2D eigenvalue weighted by Crippen LogP contribution is 2.33. The number of aromatic hydroxyl groups is 1. The summed E-state index contributed by atoms with van der Waals surface area (Å²) in [7, 11) is 1.52. The highest BCUT2D eigenvalue weighted by molar-refractivity contribution is 9.11. The first-order valence-electron chi connectivity index (χ1n) is 7.10. The number of methoxy groups -OCH3 is 1. The Labute approximate surface area is 146 Å². The van der Waals surface area contributed by atoms with E-state index in [1.165, 1.54) is 12.0 Å². The molecule has 0 radical (unpaired) electrons. The van der Waals surface area contributed by atoms with E-state index >= 15 is 0 Å². The van der Waals surface area contributed by atoms with E-state index in [1.54, 1.807) is 23.5 Å². The van der Waals surface area contributed by atoms with Crippen molar-refractivity contribution in [3.63, 3.8) is 0 Å². The van der Waals surface area contributed by atoms with Gasteiger partial charge in [-0.15, -0.1) is 11.3 Å². The maximum Gasteiger partial charge on any atom is 0.162 e. The summed E-state index contributed by atoms with van der Waals surface area (Å²) in [4.78, 5) is 10.2. The van der Waals surface area contributed by atoms with E-state index in [4.69, 9.17) is 4.74 Å². The molecule has 0 aliphatic carbocycles. The van der Waals surface area contributed by atoms with E-state index in [0.717, 1.165) is 33.5 Å². The van der Waals surface area contributed by atoms with Crippen LogP contribution >= 0.6 is 27.3 Å². The Morgan fingerprint density at radius 3 is 2.83 bits per heavy atom. The molecule has 3 rings (SSSR count). The van der Waals surface area contributed by atoms with Crippen molar-refractivity contribution < 1.29 is 9.84 Å².